The lowest BCUT2D eigenvalue weighted by Crippen LogP contribution is -2.10. The molecule has 0 aliphatic rings. The van der Waals surface area contributed by atoms with Crippen molar-refractivity contribution in [1.82, 2.24) is 9.97 Å². The van der Waals surface area contributed by atoms with Gasteiger partial charge in [-0.2, -0.15) is 0 Å². The van der Waals surface area contributed by atoms with Crippen LogP contribution in [-0.4, -0.2) is 9.97 Å². The van der Waals surface area contributed by atoms with Gasteiger partial charge in [0.25, 0.3) is 0 Å². The van der Waals surface area contributed by atoms with E-state index in [9.17, 15) is 0 Å². The SMILES string of the molecule is CC(C)(C)c1csc2c(N)ncnc12. The Hall–Kier alpha value is -1.16. The van der Waals surface area contributed by atoms with Crippen LogP contribution < -0.4 is 5.73 Å². The molecule has 2 aromatic heterocycles. The van der Waals surface area contributed by atoms with E-state index in [-0.39, 0.29) is 5.41 Å². The van der Waals surface area contributed by atoms with Crippen molar-refractivity contribution in [3.8, 4) is 0 Å². The van der Waals surface area contributed by atoms with Crippen LogP contribution >= 0.6 is 11.3 Å². The number of fused-ring (bicyclic) bond motifs is 1. The van der Waals surface area contributed by atoms with Gasteiger partial charge in [0, 0.05) is 0 Å². The number of hydrogen-bond acceptors (Lipinski definition) is 4. The molecule has 2 aromatic rings. The minimum Gasteiger partial charge on any atom is -0.382 e. The predicted octanol–water partition coefficient (Wildman–Crippen LogP) is 2.57. The molecule has 14 heavy (non-hydrogen) atoms. The molecule has 0 aliphatic carbocycles. The summed E-state index contributed by atoms with van der Waals surface area (Å²) >= 11 is 1.62. The number of rotatable bonds is 0. The van der Waals surface area contributed by atoms with Gasteiger partial charge in [-0.1, -0.05) is 20.8 Å². The van der Waals surface area contributed by atoms with Crippen molar-refractivity contribution in [3.05, 3.63) is 17.3 Å². The van der Waals surface area contributed by atoms with E-state index in [1.165, 1.54) is 11.9 Å². The smallest absolute Gasteiger partial charge is 0.144 e. The van der Waals surface area contributed by atoms with Crippen molar-refractivity contribution in [3.63, 3.8) is 0 Å². The fourth-order valence-electron chi connectivity index (χ4n) is 1.40. The first-order chi connectivity index (χ1) is 6.50. The summed E-state index contributed by atoms with van der Waals surface area (Å²) in [6.07, 6.45) is 1.53. The molecular formula is C10H13N3S. The van der Waals surface area contributed by atoms with E-state index in [0.29, 0.717) is 5.82 Å². The van der Waals surface area contributed by atoms with Gasteiger partial charge in [-0.05, 0) is 16.4 Å². The maximum absolute atomic E-state index is 5.77. The quantitative estimate of drug-likeness (QED) is 0.722. The van der Waals surface area contributed by atoms with Gasteiger partial charge in [-0.15, -0.1) is 11.3 Å². The van der Waals surface area contributed by atoms with Gasteiger partial charge >= 0.3 is 0 Å². The van der Waals surface area contributed by atoms with Crippen molar-refractivity contribution in [1.29, 1.82) is 0 Å². The fraction of sp³-hybridized carbons (Fsp3) is 0.400. The van der Waals surface area contributed by atoms with Crippen molar-refractivity contribution < 1.29 is 0 Å². The van der Waals surface area contributed by atoms with Crippen LogP contribution in [0.15, 0.2) is 11.7 Å². The third kappa shape index (κ3) is 1.35. The van der Waals surface area contributed by atoms with Crippen LogP contribution in [0.4, 0.5) is 5.82 Å². The van der Waals surface area contributed by atoms with E-state index in [4.69, 9.17) is 5.73 Å². The number of aromatic nitrogens is 2. The molecule has 0 fully saturated rings. The Labute approximate surface area is 87.0 Å². The molecule has 0 saturated heterocycles. The number of nitrogens with zero attached hydrogens (tertiary/aromatic N) is 2. The highest BCUT2D eigenvalue weighted by Gasteiger charge is 2.20. The third-order valence-electron chi connectivity index (χ3n) is 2.19. The predicted molar refractivity (Wildman–Crippen MR) is 60.5 cm³/mol. The Morgan fingerprint density at radius 1 is 1.29 bits per heavy atom. The fourth-order valence-corrected chi connectivity index (χ4v) is 2.55. The van der Waals surface area contributed by atoms with Crippen LogP contribution in [0.2, 0.25) is 0 Å². The Kier molecular flexibility index (Phi) is 1.96. The number of nitrogens with two attached hydrogens (primary N) is 1. The Balaban J connectivity index is 2.76. The molecule has 74 valence electrons. The molecular weight excluding hydrogens is 194 g/mol. The van der Waals surface area contributed by atoms with Gasteiger partial charge in [0.1, 0.15) is 12.1 Å². The summed E-state index contributed by atoms with van der Waals surface area (Å²) in [6.45, 7) is 6.52. The zero-order valence-electron chi connectivity index (χ0n) is 8.53. The third-order valence-corrected chi connectivity index (χ3v) is 3.18. The summed E-state index contributed by atoms with van der Waals surface area (Å²) in [4.78, 5) is 8.27. The van der Waals surface area contributed by atoms with Gasteiger partial charge in [0.2, 0.25) is 0 Å². The molecule has 0 spiro atoms. The van der Waals surface area contributed by atoms with Gasteiger partial charge in [-0.25, -0.2) is 9.97 Å². The molecule has 3 nitrogen and oxygen atoms in total. The number of thiophene rings is 1. The van der Waals surface area contributed by atoms with Crippen molar-refractivity contribution in [2.75, 3.05) is 5.73 Å². The minimum atomic E-state index is 0.110. The molecule has 0 atom stereocenters. The zero-order valence-corrected chi connectivity index (χ0v) is 9.35. The summed E-state index contributed by atoms with van der Waals surface area (Å²) < 4.78 is 0.998. The molecule has 0 unspecified atom stereocenters. The maximum Gasteiger partial charge on any atom is 0.144 e. The lowest BCUT2D eigenvalue weighted by molar-refractivity contribution is 0.596. The lowest BCUT2D eigenvalue weighted by atomic mass is 9.88. The molecule has 0 amide bonds. The highest BCUT2D eigenvalue weighted by molar-refractivity contribution is 7.18. The van der Waals surface area contributed by atoms with E-state index >= 15 is 0 Å². The van der Waals surface area contributed by atoms with E-state index in [0.717, 1.165) is 10.2 Å². The average molecular weight is 207 g/mol. The molecule has 2 heterocycles. The highest BCUT2D eigenvalue weighted by atomic mass is 32.1. The number of anilines is 1. The van der Waals surface area contributed by atoms with E-state index < -0.39 is 0 Å². The Morgan fingerprint density at radius 2 is 2.00 bits per heavy atom. The summed E-state index contributed by atoms with van der Waals surface area (Å²) in [5.41, 5.74) is 8.12. The van der Waals surface area contributed by atoms with E-state index in [2.05, 4.69) is 36.1 Å². The number of nitrogen functional groups attached to an aromatic ring is 1. The summed E-state index contributed by atoms with van der Waals surface area (Å²) in [5.74, 6) is 0.579. The second-order valence-electron chi connectivity index (χ2n) is 4.34. The molecule has 0 saturated carbocycles. The zero-order chi connectivity index (χ0) is 10.3. The molecule has 0 bridgehead atoms. The average Bonchev–Trinajstić information content (AvgIpc) is 2.47. The minimum absolute atomic E-state index is 0.110. The van der Waals surface area contributed by atoms with E-state index in [1.54, 1.807) is 11.3 Å². The first-order valence-electron chi connectivity index (χ1n) is 4.48. The van der Waals surface area contributed by atoms with Gasteiger partial charge in [0.05, 0.1) is 10.2 Å². The van der Waals surface area contributed by atoms with E-state index in [1.807, 2.05) is 0 Å². The van der Waals surface area contributed by atoms with Crippen LogP contribution in [0.25, 0.3) is 10.2 Å². The second-order valence-corrected chi connectivity index (χ2v) is 5.22. The van der Waals surface area contributed by atoms with Gasteiger partial charge in [0.15, 0.2) is 0 Å². The first kappa shape index (κ1) is 9.40. The van der Waals surface area contributed by atoms with Crippen molar-refractivity contribution >= 4 is 27.4 Å². The summed E-state index contributed by atoms with van der Waals surface area (Å²) in [7, 11) is 0. The highest BCUT2D eigenvalue weighted by Crippen LogP contribution is 2.34. The van der Waals surface area contributed by atoms with Crippen LogP contribution in [0.3, 0.4) is 0 Å². The van der Waals surface area contributed by atoms with Crippen LogP contribution in [0, 0.1) is 0 Å². The monoisotopic (exact) mass is 207 g/mol. The molecule has 2 N–H and O–H groups in total. The summed E-state index contributed by atoms with van der Waals surface area (Å²) in [6, 6.07) is 0. The summed E-state index contributed by atoms with van der Waals surface area (Å²) in [5, 5.41) is 2.12. The van der Waals surface area contributed by atoms with Crippen LogP contribution in [0.5, 0.6) is 0 Å². The standard InChI is InChI=1S/C10H13N3S/c1-10(2,3)6-4-14-8-7(6)12-5-13-9(8)11/h4-5H,1-3H3,(H2,11,12,13). The normalized spacial score (nSPS) is 12.2. The molecule has 0 radical (unpaired) electrons. The van der Waals surface area contributed by atoms with Crippen LogP contribution in [-0.2, 0) is 5.41 Å². The molecule has 0 aromatic carbocycles. The molecule has 2 rings (SSSR count). The molecule has 4 heteroatoms. The van der Waals surface area contributed by atoms with Crippen molar-refractivity contribution in [2.45, 2.75) is 26.2 Å². The Bertz CT molecular complexity index is 468. The van der Waals surface area contributed by atoms with Gasteiger partial charge in [-0.3, -0.25) is 0 Å². The first-order valence-corrected chi connectivity index (χ1v) is 5.36. The second kappa shape index (κ2) is 2.92. The molecule has 0 aliphatic heterocycles. The largest absolute Gasteiger partial charge is 0.382 e. The lowest BCUT2D eigenvalue weighted by Gasteiger charge is -2.16. The van der Waals surface area contributed by atoms with Crippen molar-refractivity contribution in [2.24, 2.45) is 0 Å². The topological polar surface area (TPSA) is 51.8 Å². The maximum atomic E-state index is 5.77. The number of hydrogen-bond donors (Lipinski definition) is 1. The van der Waals surface area contributed by atoms with Gasteiger partial charge < -0.3 is 5.73 Å². The van der Waals surface area contributed by atoms with Crippen LogP contribution in [0.1, 0.15) is 26.3 Å². The Morgan fingerprint density at radius 3 is 2.64 bits per heavy atom.